The molecule has 0 unspecified atom stereocenters. The molecule has 0 atom stereocenters. The van der Waals surface area contributed by atoms with Crippen LogP contribution >= 0.6 is 0 Å². The third-order valence-electron chi connectivity index (χ3n) is 4.96. The molecule has 0 aliphatic carbocycles. The molecule has 1 aliphatic rings. The van der Waals surface area contributed by atoms with Gasteiger partial charge in [-0.2, -0.15) is 0 Å². The van der Waals surface area contributed by atoms with Crippen LogP contribution in [0.2, 0.25) is 0 Å². The van der Waals surface area contributed by atoms with Crippen LogP contribution in [-0.4, -0.2) is 21.7 Å². The zero-order valence-corrected chi connectivity index (χ0v) is 16.3. The molecule has 29 heavy (non-hydrogen) atoms. The van der Waals surface area contributed by atoms with Crippen LogP contribution < -0.4 is 5.32 Å². The number of imide groups is 1. The van der Waals surface area contributed by atoms with Gasteiger partial charge in [0.1, 0.15) is 5.70 Å². The third-order valence-corrected chi connectivity index (χ3v) is 4.96. The van der Waals surface area contributed by atoms with Crippen LogP contribution in [0, 0.1) is 13.8 Å². The lowest BCUT2D eigenvalue weighted by Gasteiger charge is -2.15. The van der Waals surface area contributed by atoms with E-state index in [4.69, 9.17) is 0 Å². The second-order valence-corrected chi connectivity index (χ2v) is 7.07. The molecule has 0 radical (unpaired) electrons. The van der Waals surface area contributed by atoms with Crippen LogP contribution in [0.15, 0.2) is 78.6 Å². The number of carbonyl (C=O) groups is 2. The predicted molar refractivity (Wildman–Crippen MR) is 113 cm³/mol. The van der Waals surface area contributed by atoms with Crippen molar-refractivity contribution in [3.8, 4) is 0 Å². The van der Waals surface area contributed by atoms with Gasteiger partial charge in [0.15, 0.2) is 0 Å². The quantitative estimate of drug-likeness (QED) is 0.674. The molecule has 5 heteroatoms. The molecule has 2 amide bonds. The van der Waals surface area contributed by atoms with Gasteiger partial charge < -0.3 is 5.32 Å². The number of aromatic nitrogens is 1. The van der Waals surface area contributed by atoms with E-state index in [-0.39, 0.29) is 18.4 Å². The summed E-state index contributed by atoms with van der Waals surface area (Å²) < 4.78 is 0. The molecule has 0 saturated carbocycles. The monoisotopic (exact) mass is 383 g/mol. The summed E-state index contributed by atoms with van der Waals surface area (Å²) in [5.41, 5.74) is 4.94. The highest BCUT2D eigenvalue weighted by atomic mass is 16.2. The predicted octanol–water partition coefficient (Wildman–Crippen LogP) is 4.09. The van der Waals surface area contributed by atoms with Gasteiger partial charge in [-0.1, -0.05) is 54.1 Å². The van der Waals surface area contributed by atoms with Crippen molar-refractivity contribution in [2.45, 2.75) is 20.4 Å². The molecule has 5 nitrogen and oxygen atoms in total. The molecule has 1 N–H and O–H groups in total. The average Bonchev–Trinajstić information content (AvgIpc) is 2.95. The van der Waals surface area contributed by atoms with Crippen LogP contribution in [0.25, 0.3) is 5.57 Å². The number of anilines is 1. The summed E-state index contributed by atoms with van der Waals surface area (Å²) in [4.78, 5) is 32.0. The molecule has 3 aromatic rings. The van der Waals surface area contributed by atoms with E-state index in [1.54, 1.807) is 18.3 Å². The number of nitrogens with zero attached hydrogens (tertiary/aromatic N) is 2. The number of hydrogen-bond donors (Lipinski definition) is 1. The second-order valence-electron chi connectivity index (χ2n) is 7.07. The van der Waals surface area contributed by atoms with Gasteiger partial charge in [-0.05, 0) is 43.2 Å². The van der Waals surface area contributed by atoms with Crippen LogP contribution in [0.3, 0.4) is 0 Å². The minimum atomic E-state index is -0.348. The van der Waals surface area contributed by atoms with Crippen molar-refractivity contribution < 1.29 is 9.59 Å². The fraction of sp³-hybridized carbons (Fsp3) is 0.125. The van der Waals surface area contributed by atoms with E-state index in [0.29, 0.717) is 22.5 Å². The number of carbonyl (C=O) groups excluding carboxylic acids is 2. The zero-order chi connectivity index (χ0) is 20.4. The average molecular weight is 383 g/mol. The van der Waals surface area contributed by atoms with E-state index >= 15 is 0 Å². The Morgan fingerprint density at radius 2 is 1.59 bits per heavy atom. The van der Waals surface area contributed by atoms with E-state index in [0.717, 1.165) is 16.8 Å². The maximum absolute atomic E-state index is 13.3. The first-order valence-electron chi connectivity index (χ1n) is 9.44. The Balaban J connectivity index is 1.76. The van der Waals surface area contributed by atoms with Crippen LogP contribution in [-0.2, 0) is 16.1 Å². The van der Waals surface area contributed by atoms with Crippen molar-refractivity contribution in [3.63, 3.8) is 0 Å². The summed E-state index contributed by atoms with van der Waals surface area (Å²) >= 11 is 0. The van der Waals surface area contributed by atoms with Gasteiger partial charge >= 0.3 is 0 Å². The van der Waals surface area contributed by atoms with Gasteiger partial charge in [0, 0.05) is 11.9 Å². The lowest BCUT2D eigenvalue weighted by Crippen LogP contribution is -2.32. The minimum absolute atomic E-state index is 0.132. The number of amides is 2. The first-order chi connectivity index (χ1) is 14.0. The largest absolute Gasteiger partial charge is 0.350 e. The third kappa shape index (κ3) is 3.67. The summed E-state index contributed by atoms with van der Waals surface area (Å²) in [5, 5.41) is 3.22. The highest BCUT2D eigenvalue weighted by Crippen LogP contribution is 2.32. The number of benzene rings is 2. The fourth-order valence-electron chi connectivity index (χ4n) is 3.33. The molecule has 1 aromatic heterocycles. The number of rotatable bonds is 5. The fourth-order valence-corrected chi connectivity index (χ4v) is 3.33. The molecule has 0 bridgehead atoms. The maximum atomic E-state index is 13.3. The molecule has 2 aromatic carbocycles. The molecule has 144 valence electrons. The number of aryl methyl sites for hydroxylation is 2. The highest BCUT2D eigenvalue weighted by Gasteiger charge is 2.39. The molecule has 2 heterocycles. The normalized spacial score (nSPS) is 13.9. The van der Waals surface area contributed by atoms with E-state index in [9.17, 15) is 9.59 Å². The van der Waals surface area contributed by atoms with Gasteiger partial charge in [0.2, 0.25) is 0 Å². The molecule has 1 aliphatic heterocycles. The van der Waals surface area contributed by atoms with Gasteiger partial charge in [0.25, 0.3) is 11.8 Å². The Morgan fingerprint density at radius 3 is 2.28 bits per heavy atom. The standard InChI is InChI=1S/C24H21N3O2/c1-16-10-12-18(13-11-16)21-22(26-20-9-4-3-7-17(20)2)24(29)27(23(21)28)15-19-8-5-6-14-25-19/h3-14,26H,15H2,1-2H3. The summed E-state index contributed by atoms with van der Waals surface area (Å²) in [5.74, 6) is -0.667. The SMILES string of the molecule is Cc1ccc(C2=C(Nc3ccccc3C)C(=O)N(Cc3ccccn3)C2=O)cc1. The van der Waals surface area contributed by atoms with Gasteiger partial charge in [-0.15, -0.1) is 0 Å². The van der Waals surface area contributed by atoms with Gasteiger partial charge in [-0.25, -0.2) is 0 Å². The molecule has 4 rings (SSSR count). The molecular formula is C24H21N3O2. The van der Waals surface area contributed by atoms with E-state index in [1.165, 1.54) is 4.90 Å². The molecule has 0 saturated heterocycles. The number of pyridine rings is 1. The van der Waals surface area contributed by atoms with Crippen molar-refractivity contribution in [2.75, 3.05) is 5.32 Å². The number of para-hydroxylation sites is 1. The first-order valence-corrected chi connectivity index (χ1v) is 9.44. The lowest BCUT2D eigenvalue weighted by molar-refractivity contribution is -0.137. The summed E-state index contributed by atoms with van der Waals surface area (Å²) in [6.45, 7) is 4.08. The van der Waals surface area contributed by atoms with Crippen molar-refractivity contribution in [2.24, 2.45) is 0 Å². The Morgan fingerprint density at radius 1 is 0.862 bits per heavy atom. The Bertz CT molecular complexity index is 1100. The van der Waals surface area contributed by atoms with Crippen LogP contribution in [0.5, 0.6) is 0 Å². The highest BCUT2D eigenvalue weighted by molar-refractivity contribution is 6.36. The maximum Gasteiger partial charge on any atom is 0.278 e. The Labute approximate surface area is 169 Å². The van der Waals surface area contributed by atoms with Gasteiger partial charge in [-0.3, -0.25) is 19.5 Å². The van der Waals surface area contributed by atoms with Crippen molar-refractivity contribution >= 4 is 23.1 Å². The molecular weight excluding hydrogens is 362 g/mol. The van der Waals surface area contributed by atoms with E-state index < -0.39 is 0 Å². The van der Waals surface area contributed by atoms with Crippen LogP contribution in [0.4, 0.5) is 5.69 Å². The van der Waals surface area contributed by atoms with Crippen molar-refractivity contribution in [1.82, 2.24) is 9.88 Å². The van der Waals surface area contributed by atoms with Crippen LogP contribution in [0.1, 0.15) is 22.4 Å². The minimum Gasteiger partial charge on any atom is -0.350 e. The summed E-state index contributed by atoms with van der Waals surface area (Å²) in [6, 6.07) is 20.8. The van der Waals surface area contributed by atoms with E-state index in [1.807, 2.05) is 68.4 Å². The Kier molecular flexibility index (Phi) is 4.96. The van der Waals surface area contributed by atoms with Crippen molar-refractivity contribution in [1.29, 1.82) is 0 Å². The number of nitrogens with one attached hydrogen (secondary N) is 1. The van der Waals surface area contributed by atoms with Crippen molar-refractivity contribution in [3.05, 3.63) is 101 Å². The smallest absolute Gasteiger partial charge is 0.278 e. The second kappa shape index (κ2) is 7.72. The first kappa shape index (κ1) is 18.6. The number of hydrogen-bond acceptors (Lipinski definition) is 4. The van der Waals surface area contributed by atoms with E-state index in [2.05, 4.69) is 10.3 Å². The Hall–Kier alpha value is -3.73. The molecule has 0 spiro atoms. The molecule has 0 fully saturated rings. The summed E-state index contributed by atoms with van der Waals surface area (Å²) in [6.07, 6.45) is 1.65. The zero-order valence-electron chi connectivity index (χ0n) is 16.3. The lowest BCUT2D eigenvalue weighted by atomic mass is 10.0. The van der Waals surface area contributed by atoms with Gasteiger partial charge in [0.05, 0.1) is 17.8 Å². The summed E-state index contributed by atoms with van der Waals surface area (Å²) in [7, 11) is 0. The topological polar surface area (TPSA) is 62.3 Å².